The van der Waals surface area contributed by atoms with Crippen LogP contribution in [0.3, 0.4) is 0 Å². The Labute approximate surface area is 163 Å². The van der Waals surface area contributed by atoms with E-state index < -0.39 is 57.7 Å². The zero-order chi connectivity index (χ0) is 21.4. The Morgan fingerprint density at radius 2 is 1.71 bits per heavy atom. The van der Waals surface area contributed by atoms with Crippen LogP contribution in [0.15, 0.2) is 27.4 Å². The quantitative estimate of drug-likeness (QED) is 0.256. The summed E-state index contributed by atoms with van der Waals surface area (Å²) in [5.41, 5.74) is -1.30. The highest BCUT2D eigenvalue weighted by atomic mass is 32.2. The van der Waals surface area contributed by atoms with Crippen molar-refractivity contribution in [3.63, 3.8) is 0 Å². The van der Waals surface area contributed by atoms with E-state index in [1.54, 1.807) is 0 Å². The van der Waals surface area contributed by atoms with Crippen molar-refractivity contribution in [3.05, 3.63) is 38.9 Å². The van der Waals surface area contributed by atoms with Gasteiger partial charge in [0.15, 0.2) is 15.6 Å². The molecule has 0 spiro atoms. The van der Waals surface area contributed by atoms with Crippen molar-refractivity contribution in [3.8, 4) is 0 Å². The molecule has 1 heterocycles. The Bertz CT molecular complexity index is 1200. The van der Waals surface area contributed by atoms with Crippen LogP contribution in [0, 0.1) is 10.1 Å². The molecule has 0 fully saturated rings. The highest BCUT2D eigenvalue weighted by Crippen LogP contribution is 2.31. The fourth-order valence-corrected chi connectivity index (χ4v) is 4.64. The third kappa shape index (κ3) is 4.45. The van der Waals surface area contributed by atoms with Crippen LogP contribution in [-0.4, -0.2) is 56.0 Å². The molecule has 0 aliphatic heterocycles. The van der Waals surface area contributed by atoms with Gasteiger partial charge in [-0.2, -0.15) is 0 Å². The van der Waals surface area contributed by atoms with Gasteiger partial charge >= 0.3 is 0 Å². The predicted octanol–water partition coefficient (Wildman–Crippen LogP) is 0.809. The van der Waals surface area contributed by atoms with Crippen molar-refractivity contribution >= 4 is 48.3 Å². The number of hydrogen-bond donors (Lipinski definition) is 0. The van der Waals surface area contributed by atoms with Gasteiger partial charge in [0.1, 0.15) is 16.7 Å². The molecule has 0 amide bonds. The van der Waals surface area contributed by atoms with Gasteiger partial charge in [0.25, 0.3) is 5.69 Å². The second kappa shape index (κ2) is 7.44. The van der Waals surface area contributed by atoms with Gasteiger partial charge < -0.3 is 0 Å². The molecule has 0 N–H and O–H groups in total. The highest BCUT2D eigenvalue weighted by Gasteiger charge is 2.35. The van der Waals surface area contributed by atoms with Gasteiger partial charge in [0.05, 0.1) is 15.4 Å². The van der Waals surface area contributed by atoms with Crippen LogP contribution in [0.4, 0.5) is 5.69 Å². The predicted molar refractivity (Wildman–Crippen MR) is 97.0 cm³/mol. The minimum absolute atomic E-state index is 0.237. The van der Waals surface area contributed by atoms with Gasteiger partial charge in [-0.05, 0) is 19.1 Å². The molecule has 28 heavy (non-hydrogen) atoms. The number of rotatable bonds is 7. The molecule has 0 saturated carbocycles. The van der Waals surface area contributed by atoms with Gasteiger partial charge in [0.2, 0.25) is 14.2 Å². The Kier molecular flexibility index (Phi) is 5.77. The van der Waals surface area contributed by atoms with Crippen LogP contribution in [0.2, 0.25) is 0 Å². The Hall–Kier alpha value is -2.58. The first-order chi connectivity index (χ1) is 12.7. The number of benzene rings is 1. The third-order valence-corrected chi connectivity index (χ3v) is 7.28. The molecule has 0 radical (unpaired) electrons. The molecule has 1 unspecified atom stereocenters. The maximum absolute atomic E-state index is 12.8. The van der Waals surface area contributed by atoms with Crippen LogP contribution in [0.1, 0.15) is 28.2 Å². The molecule has 0 saturated heterocycles. The summed E-state index contributed by atoms with van der Waals surface area (Å²) in [6, 6.07) is 2.67. The summed E-state index contributed by atoms with van der Waals surface area (Å²) in [6.45, 7) is 1.04. The van der Waals surface area contributed by atoms with Crippen LogP contribution in [0.5, 0.6) is 0 Å². The number of hydrogen-bond acceptors (Lipinski definition) is 11. The molecule has 11 nitrogen and oxygen atoms in total. The summed E-state index contributed by atoms with van der Waals surface area (Å²) in [5, 5.41) is 18.1. The molecule has 2 aromatic rings. The molecule has 0 bridgehead atoms. The monoisotopic (exact) mass is 447 g/mol. The standard InChI is InChI=1S/C14H13N3O8S3/c1-7(18)11(13-15-16-14(26-13)28(3,24)25)12(19)9-5-4-8(27(2,22)23)6-10(9)17(20)21/h4-6,11H,1-3H3. The Morgan fingerprint density at radius 3 is 2.14 bits per heavy atom. The van der Waals surface area contributed by atoms with Gasteiger partial charge in [-0.1, -0.05) is 11.3 Å². The lowest BCUT2D eigenvalue weighted by atomic mass is 9.94. The van der Waals surface area contributed by atoms with Crippen molar-refractivity contribution in [2.24, 2.45) is 0 Å². The second-order valence-corrected chi connectivity index (χ2v) is 11.0. The summed E-state index contributed by atoms with van der Waals surface area (Å²) >= 11 is 0.503. The maximum Gasteiger partial charge on any atom is 0.281 e. The largest absolute Gasteiger partial charge is 0.299 e. The molecular weight excluding hydrogens is 434 g/mol. The molecule has 0 aliphatic carbocycles. The van der Waals surface area contributed by atoms with Crippen molar-refractivity contribution < 1.29 is 31.3 Å². The zero-order valence-electron chi connectivity index (χ0n) is 14.6. The zero-order valence-corrected chi connectivity index (χ0v) is 17.1. The minimum Gasteiger partial charge on any atom is -0.299 e. The van der Waals surface area contributed by atoms with Gasteiger partial charge in [-0.15, -0.1) is 10.2 Å². The second-order valence-electron chi connectivity index (χ2n) is 5.79. The molecular formula is C14H13N3O8S3. The van der Waals surface area contributed by atoms with E-state index in [-0.39, 0.29) is 9.90 Å². The van der Waals surface area contributed by atoms with E-state index in [1.807, 2.05) is 0 Å². The van der Waals surface area contributed by atoms with Crippen molar-refractivity contribution in [1.29, 1.82) is 0 Å². The van der Waals surface area contributed by atoms with Crippen LogP contribution < -0.4 is 0 Å². The van der Waals surface area contributed by atoms with E-state index in [2.05, 4.69) is 10.2 Å². The Balaban J connectivity index is 2.62. The lowest BCUT2D eigenvalue weighted by Gasteiger charge is -2.10. The van der Waals surface area contributed by atoms with E-state index >= 15 is 0 Å². The van der Waals surface area contributed by atoms with E-state index in [0.717, 1.165) is 37.6 Å². The third-order valence-electron chi connectivity index (χ3n) is 3.51. The van der Waals surface area contributed by atoms with Crippen molar-refractivity contribution in [2.75, 3.05) is 12.5 Å². The molecule has 1 aromatic carbocycles. The first kappa shape index (κ1) is 21.7. The molecule has 14 heteroatoms. The normalized spacial score (nSPS) is 13.1. The SMILES string of the molecule is CC(=O)C(C(=O)c1ccc(S(C)(=O)=O)cc1[N+](=O)[O-])c1nnc(S(C)(=O)=O)s1. The van der Waals surface area contributed by atoms with Crippen LogP contribution in [0.25, 0.3) is 0 Å². The average Bonchev–Trinajstić information content (AvgIpc) is 3.02. The fourth-order valence-electron chi connectivity index (χ4n) is 2.21. The number of sulfone groups is 2. The number of nitro benzene ring substituents is 1. The van der Waals surface area contributed by atoms with Gasteiger partial charge in [0, 0.05) is 18.6 Å². The van der Waals surface area contributed by atoms with Crippen molar-refractivity contribution in [2.45, 2.75) is 22.1 Å². The number of nitrogens with zero attached hydrogens (tertiary/aromatic N) is 3. The number of nitro groups is 1. The minimum atomic E-state index is -3.77. The number of ketones is 2. The highest BCUT2D eigenvalue weighted by molar-refractivity contribution is 7.92. The summed E-state index contributed by atoms with van der Waals surface area (Å²) < 4.78 is 45.9. The van der Waals surface area contributed by atoms with Gasteiger partial charge in [-0.25, -0.2) is 16.8 Å². The maximum atomic E-state index is 12.8. The fraction of sp³-hybridized carbons (Fsp3) is 0.286. The van der Waals surface area contributed by atoms with E-state index in [1.165, 1.54) is 0 Å². The van der Waals surface area contributed by atoms with Gasteiger partial charge in [-0.3, -0.25) is 19.7 Å². The molecule has 150 valence electrons. The smallest absolute Gasteiger partial charge is 0.281 e. The molecule has 1 atom stereocenters. The van der Waals surface area contributed by atoms with E-state index in [0.29, 0.717) is 11.3 Å². The number of Topliss-reactive ketones (excluding diaryl/α,β-unsaturated/α-hetero) is 2. The topological polar surface area (TPSA) is 171 Å². The summed E-state index contributed by atoms with van der Waals surface area (Å²) in [7, 11) is -7.50. The summed E-state index contributed by atoms with van der Waals surface area (Å²) in [6.07, 6.45) is 1.72. The first-order valence-corrected chi connectivity index (χ1v) is 11.9. The number of aromatic nitrogens is 2. The summed E-state index contributed by atoms with van der Waals surface area (Å²) in [4.78, 5) is 34.9. The van der Waals surface area contributed by atoms with Crippen LogP contribution in [-0.2, 0) is 24.5 Å². The van der Waals surface area contributed by atoms with Crippen molar-refractivity contribution in [1.82, 2.24) is 10.2 Å². The van der Waals surface area contributed by atoms with Crippen LogP contribution >= 0.6 is 11.3 Å². The number of carbonyl (C=O) groups excluding carboxylic acids is 2. The van der Waals surface area contributed by atoms with E-state index in [9.17, 15) is 36.5 Å². The average molecular weight is 447 g/mol. The lowest BCUT2D eigenvalue weighted by Crippen LogP contribution is -2.21. The summed E-state index contributed by atoms with van der Waals surface area (Å²) in [5.74, 6) is -3.37. The first-order valence-electron chi connectivity index (χ1n) is 7.30. The molecule has 2 rings (SSSR count). The molecule has 1 aromatic heterocycles. The Morgan fingerprint density at radius 1 is 1.11 bits per heavy atom. The van der Waals surface area contributed by atoms with E-state index in [4.69, 9.17) is 0 Å². The lowest BCUT2D eigenvalue weighted by molar-refractivity contribution is -0.385. The number of carbonyl (C=O) groups is 2. The molecule has 0 aliphatic rings.